The molecule has 2 aliphatic rings. The van der Waals surface area contributed by atoms with Gasteiger partial charge >= 0.3 is 0 Å². The number of hydrogen-bond donors (Lipinski definition) is 1. The van der Waals surface area contributed by atoms with Crippen LogP contribution in [-0.2, 0) is 4.74 Å². The van der Waals surface area contributed by atoms with E-state index in [9.17, 15) is 0 Å². The van der Waals surface area contributed by atoms with Gasteiger partial charge in [0.1, 0.15) is 0 Å². The second-order valence-corrected chi connectivity index (χ2v) is 5.54. The van der Waals surface area contributed by atoms with Gasteiger partial charge in [0, 0.05) is 31.8 Å². The summed E-state index contributed by atoms with van der Waals surface area (Å²) in [6.07, 6.45) is 4.87. The van der Waals surface area contributed by atoms with E-state index in [-0.39, 0.29) is 5.54 Å². The van der Waals surface area contributed by atoms with Crippen LogP contribution in [0, 0.1) is 0 Å². The zero-order valence-corrected chi connectivity index (χ0v) is 11.2. The molecule has 2 saturated heterocycles. The zero-order valence-electron chi connectivity index (χ0n) is 11.2. The lowest BCUT2D eigenvalue weighted by molar-refractivity contribution is 0.0703. The Hall–Kier alpha value is -0.160. The van der Waals surface area contributed by atoms with Crippen LogP contribution < -0.4 is 5.73 Å². The largest absolute Gasteiger partial charge is 0.380 e. The van der Waals surface area contributed by atoms with Crippen LogP contribution in [0.25, 0.3) is 0 Å². The number of nitrogens with zero attached hydrogens (tertiary/aromatic N) is 2. The Bertz CT molecular complexity index is 229. The van der Waals surface area contributed by atoms with Gasteiger partial charge in [0.05, 0.1) is 6.61 Å². The summed E-state index contributed by atoms with van der Waals surface area (Å²) >= 11 is 0. The van der Waals surface area contributed by atoms with Gasteiger partial charge in [0.25, 0.3) is 0 Å². The van der Waals surface area contributed by atoms with Gasteiger partial charge in [-0.15, -0.1) is 0 Å². The van der Waals surface area contributed by atoms with Crippen LogP contribution in [0.2, 0.25) is 0 Å². The van der Waals surface area contributed by atoms with E-state index in [0.717, 1.165) is 39.3 Å². The lowest BCUT2D eigenvalue weighted by Gasteiger charge is -2.42. The molecular formula is C13H27N3O. The number of hydrogen-bond acceptors (Lipinski definition) is 4. The van der Waals surface area contributed by atoms with Crippen molar-refractivity contribution < 1.29 is 4.74 Å². The second kappa shape index (κ2) is 6.14. The van der Waals surface area contributed by atoms with E-state index in [1.807, 2.05) is 0 Å². The van der Waals surface area contributed by atoms with Crippen molar-refractivity contribution in [2.24, 2.45) is 5.73 Å². The van der Waals surface area contributed by atoms with Crippen molar-refractivity contribution in [2.45, 2.75) is 31.2 Å². The molecule has 2 N–H and O–H groups in total. The lowest BCUT2D eigenvalue weighted by atomic mass is 9.88. The third-order valence-electron chi connectivity index (χ3n) is 4.41. The molecule has 2 rings (SSSR count). The fourth-order valence-corrected chi connectivity index (χ4v) is 3.18. The topological polar surface area (TPSA) is 41.7 Å². The Morgan fingerprint density at radius 2 is 1.94 bits per heavy atom. The summed E-state index contributed by atoms with van der Waals surface area (Å²) in [5.41, 5.74) is 6.37. The zero-order chi connectivity index (χ0) is 12.1. The molecule has 100 valence electrons. The molecule has 0 saturated carbocycles. The lowest BCUT2D eigenvalue weighted by Crippen LogP contribution is -2.55. The maximum absolute atomic E-state index is 6.13. The van der Waals surface area contributed by atoms with E-state index in [1.54, 1.807) is 0 Å². The van der Waals surface area contributed by atoms with Crippen LogP contribution in [0.5, 0.6) is 0 Å². The molecule has 4 nitrogen and oxygen atoms in total. The molecule has 0 aromatic heterocycles. The first-order valence-corrected chi connectivity index (χ1v) is 6.98. The summed E-state index contributed by atoms with van der Waals surface area (Å²) < 4.78 is 5.56. The van der Waals surface area contributed by atoms with E-state index in [2.05, 4.69) is 16.8 Å². The maximum atomic E-state index is 6.13. The van der Waals surface area contributed by atoms with Crippen molar-refractivity contribution in [2.75, 3.05) is 53.0 Å². The van der Waals surface area contributed by atoms with Crippen LogP contribution >= 0.6 is 0 Å². The van der Waals surface area contributed by atoms with E-state index in [4.69, 9.17) is 10.5 Å². The molecular weight excluding hydrogens is 214 g/mol. The van der Waals surface area contributed by atoms with Crippen molar-refractivity contribution in [3.63, 3.8) is 0 Å². The Morgan fingerprint density at radius 3 is 2.76 bits per heavy atom. The van der Waals surface area contributed by atoms with E-state index < -0.39 is 0 Å². The molecule has 2 heterocycles. The highest BCUT2D eigenvalue weighted by Crippen LogP contribution is 2.28. The molecule has 0 aliphatic carbocycles. The van der Waals surface area contributed by atoms with Crippen LogP contribution in [0.4, 0.5) is 0 Å². The van der Waals surface area contributed by atoms with Crippen LogP contribution in [0.1, 0.15) is 25.7 Å². The first-order chi connectivity index (χ1) is 8.27. The molecule has 0 radical (unpaired) electrons. The summed E-state index contributed by atoms with van der Waals surface area (Å²) in [6, 6.07) is 0. The molecule has 1 atom stereocenters. The van der Waals surface area contributed by atoms with Crippen molar-refractivity contribution in [3.8, 4) is 0 Å². The first kappa shape index (κ1) is 13.3. The minimum absolute atomic E-state index is 0.235. The van der Waals surface area contributed by atoms with Crippen LogP contribution in [0.3, 0.4) is 0 Å². The van der Waals surface area contributed by atoms with Crippen LogP contribution in [-0.4, -0.2) is 68.3 Å². The SMILES string of the molecule is CN1CCCC(CN)(N2CCCOCC2)CC1. The number of nitrogens with two attached hydrogens (primary N) is 1. The smallest absolute Gasteiger partial charge is 0.0593 e. The van der Waals surface area contributed by atoms with Crippen molar-refractivity contribution >= 4 is 0 Å². The van der Waals surface area contributed by atoms with Gasteiger partial charge < -0.3 is 15.4 Å². The molecule has 2 aliphatic heterocycles. The molecule has 0 bridgehead atoms. The monoisotopic (exact) mass is 241 g/mol. The molecule has 1 unspecified atom stereocenters. The highest BCUT2D eigenvalue weighted by atomic mass is 16.5. The Morgan fingerprint density at radius 1 is 1.06 bits per heavy atom. The fourth-order valence-electron chi connectivity index (χ4n) is 3.18. The molecule has 0 aromatic carbocycles. The standard InChI is InChI=1S/C13H27N3O/c1-15-6-2-4-13(12-14,5-8-15)16-7-3-10-17-11-9-16/h2-12,14H2,1H3. The number of likely N-dealkylation sites (tertiary alicyclic amines) is 1. The predicted molar refractivity (Wildman–Crippen MR) is 70.1 cm³/mol. The van der Waals surface area contributed by atoms with Gasteiger partial charge in [-0.3, -0.25) is 4.90 Å². The van der Waals surface area contributed by atoms with Crippen molar-refractivity contribution in [1.29, 1.82) is 0 Å². The average molecular weight is 241 g/mol. The summed E-state index contributed by atoms with van der Waals surface area (Å²) in [6.45, 7) is 7.18. The van der Waals surface area contributed by atoms with Crippen LogP contribution in [0.15, 0.2) is 0 Å². The summed E-state index contributed by atoms with van der Waals surface area (Å²) in [5.74, 6) is 0. The van der Waals surface area contributed by atoms with E-state index in [0.29, 0.717) is 0 Å². The minimum Gasteiger partial charge on any atom is -0.380 e. The second-order valence-electron chi connectivity index (χ2n) is 5.54. The van der Waals surface area contributed by atoms with Gasteiger partial charge in [0.15, 0.2) is 0 Å². The first-order valence-electron chi connectivity index (χ1n) is 6.98. The van der Waals surface area contributed by atoms with Gasteiger partial charge in [0.2, 0.25) is 0 Å². The maximum Gasteiger partial charge on any atom is 0.0593 e. The summed E-state index contributed by atoms with van der Waals surface area (Å²) in [4.78, 5) is 5.05. The van der Waals surface area contributed by atoms with Gasteiger partial charge in [-0.25, -0.2) is 0 Å². The fraction of sp³-hybridized carbons (Fsp3) is 1.00. The number of rotatable bonds is 2. The summed E-state index contributed by atoms with van der Waals surface area (Å²) in [5, 5.41) is 0. The Kier molecular flexibility index (Phi) is 4.79. The molecule has 0 aromatic rings. The Balaban J connectivity index is 2.05. The molecule has 2 fully saturated rings. The predicted octanol–water partition coefficient (Wildman–Crippen LogP) is 0.522. The number of ether oxygens (including phenoxy) is 1. The molecule has 17 heavy (non-hydrogen) atoms. The normalized spacial score (nSPS) is 34.2. The molecule has 0 amide bonds. The van der Waals surface area contributed by atoms with Crippen molar-refractivity contribution in [1.82, 2.24) is 9.80 Å². The van der Waals surface area contributed by atoms with E-state index in [1.165, 1.54) is 32.4 Å². The van der Waals surface area contributed by atoms with Gasteiger partial charge in [-0.1, -0.05) is 0 Å². The minimum atomic E-state index is 0.235. The van der Waals surface area contributed by atoms with Crippen molar-refractivity contribution in [3.05, 3.63) is 0 Å². The highest BCUT2D eigenvalue weighted by Gasteiger charge is 2.36. The molecule has 0 spiro atoms. The third kappa shape index (κ3) is 3.19. The summed E-state index contributed by atoms with van der Waals surface area (Å²) in [7, 11) is 2.22. The average Bonchev–Trinajstić information content (AvgIpc) is 2.70. The third-order valence-corrected chi connectivity index (χ3v) is 4.41. The van der Waals surface area contributed by atoms with E-state index >= 15 is 0 Å². The quantitative estimate of drug-likeness (QED) is 0.765. The Labute approximate surface area is 105 Å². The highest BCUT2D eigenvalue weighted by molar-refractivity contribution is 4.94. The van der Waals surface area contributed by atoms with Gasteiger partial charge in [-0.2, -0.15) is 0 Å². The molecule has 4 heteroatoms. The van der Waals surface area contributed by atoms with Gasteiger partial charge in [-0.05, 0) is 45.8 Å².